The van der Waals surface area contributed by atoms with Crippen molar-refractivity contribution in [2.75, 3.05) is 14.2 Å². The average Bonchev–Trinajstić information content (AvgIpc) is 2.46. The predicted molar refractivity (Wildman–Crippen MR) is 73.3 cm³/mol. The van der Waals surface area contributed by atoms with Crippen LogP contribution in [0.4, 0.5) is 0 Å². The fraction of sp³-hybridized carbons (Fsp3) is 0.231. The summed E-state index contributed by atoms with van der Waals surface area (Å²) >= 11 is 3.31. The van der Waals surface area contributed by atoms with E-state index in [2.05, 4.69) is 25.9 Å². The Morgan fingerprint density at radius 3 is 2.37 bits per heavy atom. The minimum absolute atomic E-state index is 0.174. The third-order valence-electron chi connectivity index (χ3n) is 2.61. The summed E-state index contributed by atoms with van der Waals surface area (Å²) in [4.78, 5) is 8.16. The number of ether oxygens (including phenoxy) is 2. The molecule has 6 heteroatoms. The summed E-state index contributed by atoms with van der Waals surface area (Å²) < 4.78 is 10.6. The Morgan fingerprint density at radius 2 is 1.79 bits per heavy atom. The van der Waals surface area contributed by atoms with Crippen LogP contribution in [0.25, 0.3) is 0 Å². The maximum atomic E-state index is 10.4. The van der Waals surface area contributed by atoms with Crippen molar-refractivity contribution >= 4 is 15.9 Å². The predicted octanol–water partition coefficient (Wildman–Crippen LogP) is 2.34. The lowest BCUT2D eigenvalue weighted by Crippen LogP contribution is -2.07. The molecular weight excluding hydrogens is 312 g/mol. The Morgan fingerprint density at radius 1 is 1.11 bits per heavy atom. The second-order valence-corrected chi connectivity index (χ2v) is 4.49. The number of aliphatic hydroxyl groups is 1. The van der Waals surface area contributed by atoms with E-state index in [1.807, 2.05) is 30.3 Å². The van der Waals surface area contributed by atoms with Gasteiger partial charge in [-0.1, -0.05) is 30.3 Å². The first kappa shape index (κ1) is 13.8. The molecule has 1 heterocycles. The number of aromatic nitrogens is 2. The van der Waals surface area contributed by atoms with Gasteiger partial charge in [0.1, 0.15) is 10.7 Å². The average molecular weight is 325 g/mol. The van der Waals surface area contributed by atoms with E-state index in [4.69, 9.17) is 9.47 Å². The zero-order valence-corrected chi connectivity index (χ0v) is 12.1. The summed E-state index contributed by atoms with van der Waals surface area (Å²) in [5, 5.41) is 10.4. The van der Waals surface area contributed by atoms with E-state index in [1.54, 1.807) is 0 Å². The lowest BCUT2D eigenvalue weighted by atomic mass is 10.0. The van der Waals surface area contributed by atoms with Gasteiger partial charge in [0.25, 0.3) is 0 Å². The van der Waals surface area contributed by atoms with Gasteiger partial charge >= 0.3 is 6.01 Å². The number of hydrogen-bond acceptors (Lipinski definition) is 5. The molecule has 0 saturated carbocycles. The number of benzene rings is 1. The van der Waals surface area contributed by atoms with Gasteiger partial charge in [-0.3, -0.25) is 0 Å². The highest BCUT2D eigenvalue weighted by molar-refractivity contribution is 9.10. The molecule has 0 saturated heterocycles. The SMILES string of the molecule is COc1nc(Br)c(C(O)c2ccccc2)c(OC)n1. The summed E-state index contributed by atoms with van der Waals surface area (Å²) in [5.74, 6) is 0.273. The molecule has 0 bridgehead atoms. The highest BCUT2D eigenvalue weighted by atomic mass is 79.9. The number of hydrogen-bond donors (Lipinski definition) is 1. The van der Waals surface area contributed by atoms with Crippen molar-refractivity contribution in [2.24, 2.45) is 0 Å². The second kappa shape index (κ2) is 5.99. The van der Waals surface area contributed by atoms with Crippen LogP contribution in [-0.4, -0.2) is 29.3 Å². The molecule has 0 aliphatic heterocycles. The zero-order valence-electron chi connectivity index (χ0n) is 10.5. The number of nitrogens with zero attached hydrogens (tertiary/aromatic N) is 2. The highest BCUT2D eigenvalue weighted by Gasteiger charge is 2.22. The highest BCUT2D eigenvalue weighted by Crippen LogP contribution is 2.34. The van der Waals surface area contributed by atoms with Gasteiger partial charge in [-0.15, -0.1) is 0 Å². The van der Waals surface area contributed by atoms with Crippen LogP contribution in [0.3, 0.4) is 0 Å². The minimum Gasteiger partial charge on any atom is -0.481 e. The van der Waals surface area contributed by atoms with E-state index >= 15 is 0 Å². The number of rotatable bonds is 4. The smallest absolute Gasteiger partial charge is 0.320 e. The van der Waals surface area contributed by atoms with Gasteiger partial charge in [-0.2, -0.15) is 9.97 Å². The van der Waals surface area contributed by atoms with Gasteiger partial charge in [0, 0.05) is 0 Å². The quantitative estimate of drug-likeness (QED) is 0.874. The molecule has 5 nitrogen and oxygen atoms in total. The molecule has 0 amide bonds. The van der Waals surface area contributed by atoms with Gasteiger partial charge in [-0.25, -0.2) is 0 Å². The van der Waals surface area contributed by atoms with E-state index in [0.717, 1.165) is 5.56 Å². The van der Waals surface area contributed by atoms with E-state index in [-0.39, 0.29) is 11.9 Å². The van der Waals surface area contributed by atoms with Crippen LogP contribution >= 0.6 is 15.9 Å². The molecule has 19 heavy (non-hydrogen) atoms. The van der Waals surface area contributed by atoms with Crippen LogP contribution in [0.5, 0.6) is 11.9 Å². The molecule has 0 fully saturated rings. The molecule has 2 rings (SSSR count). The van der Waals surface area contributed by atoms with Crippen molar-refractivity contribution in [1.82, 2.24) is 9.97 Å². The number of halogens is 1. The molecule has 0 radical (unpaired) electrons. The summed E-state index contributed by atoms with van der Waals surface area (Å²) in [6.07, 6.45) is -0.878. The molecule has 0 aliphatic rings. The lowest BCUT2D eigenvalue weighted by Gasteiger charge is -2.16. The van der Waals surface area contributed by atoms with Crippen LogP contribution in [0.1, 0.15) is 17.2 Å². The molecule has 1 aromatic heterocycles. The molecule has 1 unspecified atom stereocenters. The van der Waals surface area contributed by atoms with Crippen LogP contribution < -0.4 is 9.47 Å². The van der Waals surface area contributed by atoms with Crippen LogP contribution in [-0.2, 0) is 0 Å². The van der Waals surface area contributed by atoms with Gasteiger partial charge in [0.05, 0.1) is 19.8 Å². The van der Waals surface area contributed by atoms with E-state index in [1.165, 1.54) is 14.2 Å². The van der Waals surface area contributed by atoms with E-state index in [0.29, 0.717) is 10.2 Å². The van der Waals surface area contributed by atoms with Crippen molar-refractivity contribution < 1.29 is 14.6 Å². The zero-order chi connectivity index (χ0) is 13.8. The summed E-state index contributed by atoms with van der Waals surface area (Å²) in [6.45, 7) is 0. The number of aliphatic hydroxyl groups excluding tert-OH is 1. The summed E-state index contributed by atoms with van der Waals surface area (Å²) in [6, 6.07) is 9.40. The third-order valence-corrected chi connectivity index (χ3v) is 3.21. The molecule has 100 valence electrons. The Hall–Kier alpha value is -1.66. The molecule has 1 atom stereocenters. The molecule has 0 aliphatic carbocycles. The van der Waals surface area contributed by atoms with Crippen LogP contribution in [0.15, 0.2) is 34.9 Å². The number of methoxy groups -OCH3 is 2. The van der Waals surface area contributed by atoms with Crippen molar-refractivity contribution in [1.29, 1.82) is 0 Å². The topological polar surface area (TPSA) is 64.5 Å². The summed E-state index contributed by atoms with van der Waals surface area (Å²) in [7, 11) is 2.95. The Labute approximate surface area is 119 Å². The first-order valence-electron chi connectivity index (χ1n) is 5.55. The van der Waals surface area contributed by atoms with Crippen molar-refractivity contribution in [3.05, 3.63) is 46.1 Å². The van der Waals surface area contributed by atoms with Gasteiger partial charge in [0.15, 0.2) is 0 Å². The molecule has 0 spiro atoms. The van der Waals surface area contributed by atoms with E-state index < -0.39 is 6.10 Å². The van der Waals surface area contributed by atoms with Gasteiger partial charge in [-0.05, 0) is 21.5 Å². The van der Waals surface area contributed by atoms with Gasteiger partial charge < -0.3 is 14.6 Å². The Balaban J connectivity index is 2.50. The minimum atomic E-state index is -0.878. The maximum Gasteiger partial charge on any atom is 0.320 e. The maximum absolute atomic E-state index is 10.4. The molecule has 1 N–H and O–H groups in total. The standard InChI is InChI=1S/C13H13BrN2O3/c1-18-12-9(11(14)15-13(16-12)19-2)10(17)8-6-4-3-5-7-8/h3-7,10,17H,1-2H3. The van der Waals surface area contributed by atoms with E-state index in [9.17, 15) is 5.11 Å². The monoisotopic (exact) mass is 324 g/mol. The first-order chi connectivity index (χ1) is 9.17. The van der Waals surface area contributed by atoms with Crippen molar-refractivity contribution in [3.8, 4) is 11.9 Å². The molecule has 2 aromatic rings. The van der Waals surface area contributed by atoms with Crippen LogP contribution in [0, 0.1) is 0 Å². The summed E-state index contributed by atoms with van der Waals surface area (Å²) in [5.41, 5.74) is 1.20. The van der Waals surface area contributed by atoms with Crippen LogP contribution in [0.2, 0.25) is 0 Å². The van der Waals surface area contributed by atoms with Gasteiger partial charge in [0.2, 0.25) is 5.88 Å². The molecule has 1 aromatic carbocycles. The normalized spacial score (nSPS) is 12.0. The fourth-order valence-corrected chi connectivity index (χ4v) is 2.22. The first-order valence-corrected chi connectivity index (χ1v) is 6.35. The third kappa shape index (κ3) is 2.85. The fourth-order valence-electron chi connectivity index (χ4n) is 1.68. The lowest BCUT2D eigenvalue weighted by molar-refractivity contribution is 0.210. The Kier molecular flexibility index (Phi) is 4.34. The van der Waals surface area contributed by atoms with Crippen molar-refractivity contribution in [3.63, 3.8) is 0 Å². The van der Waals surface area contributed by atoms with Crippen molar-refractivity contribution in [2.45, 2.75) is 6.10 Å². The Bertz CT molecular complexity index is 563. The largest absolute Gasteiger partial charge is 0.481 e. The second-order valence-electron chi connectivity index (χ2n) is 3.74. The molecular formula is C13H13BrN2O3.